The van der Waals surface area contributed by atoms with Gasteiger partial charge in [-0.2, -0.15) is 0 Å². The minimum atomic E-state index is 0.465. The second kappa shape index (κ2) is 8.43. The smallest absolute Gasteiger partial charge is 0.119 e. The average Bonchev–Trinajstić information content (AvgIpc) is 2.55. The number of nitrogens with one attached hydrogen (secondary N) is 1. The fourth-order valence-electron chi connectivity index (χ4n) is 3.81. The van der Waals surface area contributed by atoms with Crippen molar-refractivity contribution in [2.75, 3.05) is 14.2 Å². The van der Waals surface area contributed by atoms with E-state index in [4.69, 9.17) is 4.74 Å². The highest BCUT2D eigenvalue weighted by Gasteiger charge is 2.27. The summed E-state index contributed by atoms with van der Waals surface area (Å²) >= 11 is 0. The van der Waals surface area contributed by atoms with Crippen LogP contribution in [0.2, 0.25) is 0 Å². The molecule has 1 aromatic carbocycles. The molecule has 2 heteroatoms. The highest BCUT2D eigenvalue weighted by Crippen LogP contribution is 2.38. The Bertz CT molecular complexity index is 410. The molecule has 0 aliphatic heterocycles. The van der Waals surface area contributed by atoms with Gasteiger partial charge < -0.3 is 10.1 Å². The predicted molar refractivity (Wildman–Crippen MR) is 89.8 cm³/mol. The van der Waals surface area contributed by atoms with Gasteiger partial charge in [0, 0.05) is 6.04 Å². The first-order valence-corrected chi connectivity index (χ1v) is 8.59. The van der Waals surface area contributed by atoms with E-state index in [1.165, 1.54) is 50.5 Å². The fourth-order valence-corrected chi connectivity index (χ4v) is 3.81. The third-order valence-electron chi connectivity index (χ3n) is 5.09. The molecule has 0 aromatic heterocycles. The number of unbranched alkanes of at least 4 members (excludes halogenated alkanes) is 1. The van der Waals surface area contributed by atoms with E-state index in [1.807, 2.05) is 6.07 Å². The number of hydrogen-bond donors (Lipinski definition) is 1. The molecule has 1 N–H and O–H groups in total. The SMILES string of the molecule is CCCCC1CCC(C(NC)c2cccc(OC)c2)CC1. The van der Waals surface area contributed by atoms with Gasteiger partial charge >= 0.3 is 0 Å². The van der Waals surface area contributed by atoms with Gasteiger partial charge in [-0.1, -0.05) is 51.2 Å². The number of methoxy groups -OCH3 is 1. The first-order valence-electron chi connectivity index (χ1n) is 8.59. The van der Waals surface area contributed by atoms with Crippen LogP contribution in [-0.4, -0.2) is 14.2 Å². The molecule has 0 saturated heterocycles. The summed E-state index contributed by atoms with van der Waals surface area (Å²) in [5.74, 6) is 2.70. The first-order chi connectivity index (χ1) is 10.3. The molecule has 0 spiro atoms. The molecule has 1 saturated carbocycles. The van der Waals surface area contributed by atoms with Crippen molar-refractivity contribution >= 4 is 0 Å². The van der Waals surface area contributed by atoms with Crippen LogP contribution in [0.1, 0.15) is 63.5 Å². The molecule has 21 heavy (non-hydrogen) atoms. The molecule has 2 rings (SSSR count). The molecule has 1 aromatic rings. The summed E-state index contributed by atoms with van der Waals surface area (Å²) in [4.78, 5) is 0. The maximum atomic E-state index is 5.37. The Balaban J connectivity index is 1.96. The van der Waals surface area contributed by atoms with Crippen molar-refractivity contribution in [2.45, 2.75) is 57.9 Å². The molecule has 1 aliphatic rings. The monoisotopic (exact) mass is 289 g/mol. The van der Waals surface area contributed by atoms with Gasteiger partial charge in [0.25, 0.3) is 0 Å². The van der Waals surface area contributed by atoms with Crippen molar-refractivity contribution in [2.24, 2.45) is 11.8 Å². The van der Waals surface area contributed by atoms with Crippen LogP contribution in [0.3, 0.4) is 0 Å². The maximum absolute atomic E-state index is 5.37. The van der Waals surface area contributed by atoms with Crippen LogP contribution in [0, 0.1) is 11.8 Å². The van der Waals surface area contributed by atoms with Crippen LogP contribution in [0.25, 0.3) is 0 Å². The van der Waals surface area contributed by atoms with E-state index < -0.39 is 0 Å². The molecule has 1 atom stereocenters. The van der Waals surface area contributed by atoms with Gasteiger partial charge in [0.1, 0.15) is 5.75 Å². The summed E-state index contributed by atoms with van der Waals surface area (Å²) in [6.45, 7) is 2.30. The zero-order valence-corrected chi connectivity index (χ0v) is 13.9. The summed E-state index contributed by atoms with van der Waals surface area (Å²) in [5.41, 5.74) is 1.37. The lowest BCUT2D eigenvalue weighted by Gasteiger charge is -2.34. The summed E-state index contributed by atoms with van der Waals surface area (Å²) < 4.78 is 5.37. The molecular formula is C19H31NO. The van der Waals surface area contributed by atoms with Gasteiger partial charge in [0.15, 0.2) is 0 Å². The number of rotatable bonds is 7. The van der Waals surface area contributed by atoms with E-state index in [-0.39, 0.29) is 0 Å². The molecule has 118 valence electrons. The van der Waals surface area contributed by atoms with Crippen LogP contribution >= 0.6 is 0 Å². The van der Waals surface area contributed by atoms with Gasteiger partial charge in [-0.15, -0.1) is 0 Å². The number of benzene rings is 1. The topological polar surface area (TPSA) is 21.3 Å². The number of ether oxygens (including phenoxy) is 1. The molecule has 0 heterocycles. The largest absolute Gasteiger partial charge is 0.497 e. The van der Waals surface area contributed by atoms with Gasteiger partial charge in [0.2, 0.25) is 0 Å². The van der Waals surface area contributed by atoms with Gasteiger partial charge in [0.05, 0.1) is 7.11 Å². The quantitative estimate of drug-likeness (QED) is 0.766. The van der Waals surface area contributed by atoms with Crippen molar-refractivity contribution < 1.29 is 4.74 Å². The lowest BCUT2D eigenvalue weighted by atomic mass is 9.75. The Morgan fingerprint density at radius 2 is 2.00 bits per heavy atom. The molecule has 1 fully saturated rings. The van der Waals surface area contributed by atoms with Crippen molar-refractivity contribution in [1.82, 2.24) is 5.32 Å². The average molecular weight is 289 g/mol. The summed E-state index contributed by atoms with van der Waals surface area (Å²) in [7, 11) is 3.83. The Morgan fingerprint density at radius 3 is 2.62 bits per heavy atom. The van der Waals surface area contributed by atoms with E-state index in [0.29, 0.717) is 6.04 Å². The lowest BCUT2D eigenvalue weighted by molar-refractivity contribution is 0.218. The highest BCUT2D eigenvalue weighted by atomic mass is 16.5. The third-order valence-corrected chi connectivity index (χ3v) is 5.09. The van der Waals surface area contributed by atoms with Crippen molar-refractivity contribution in [1.29, 1.82) is 0 Å². The van der Waals surface area contributed by atoms with Crippen LogP contribution in [0.5, 0.6) is 5.75 Å². The molecule has 0 bridgehead atoms. The molecule has 1 unspecified atom stereocenters. The summed E-state index contributed by atoms with van der Waals surface area (Å²) in [5, 5.41) is 3.54. The fraction of sp³-hybridized carbons (Fsp3) is 0.684. The molecule has 1 aliphatic carbocycles. The minimum absolute atomic E-state index is 0.465. The molecule has 2 nitrogen and oxygen atoms in total. The van der Waals surface area contributed by atoms with Crippen LogP contribution in [0.15, 0.2) is 24.3 Å². The third kappa shape index (κ3) is 4.47. The minimum Gasteiger partial charge on any atom is -0.497 e. The predicted octanol–water partition coefficient (Wildman–Crippen LogP) is 4.95. The van der Waals surface area contributed by atoms with Crippen molar-refractivity contribution in [3.8, 4) is 5.75 Å². The van der Waals surface area contributed by atoms with Gasteiger partial charge in [-0.3, -0.25) is 0 Å². The van der Waals surface area contributed by atoms with E-state index >= 15 is 0 Å². The first kappa shape index (κ1) is 16.4. The Hall–Kier alpha value is -1.02. The van der Waals surface area contributed by atoms with E-state index in [9.17, 15) is 0 Å². The van der Waals surface area contributed by atoms with Crippen LogP contribution in [0.4, 0.5) is 0 Å². The maximum Gasteiger partial charge on any atom is 0.119 e. The second-order valence-electron chi connectivity index (χ2n) is 6.47. The molecule has 0 radical (unpaired) electrons. The Morgan fingerprint density at radius 1 is 1.24 bits per heavy atom. The van der Waals surface area contributed by atoms with Crippen LogP contribution < -0.4 is 10.1 Å². The van der Waals surface area contributed by atoms with Crippen molar-refractivity contribution in [3.05, 3.63) is 29.8 Å². The standard InChI is InChI=1S/C19H31NO/c1-4-5-7-15-10-12-16(13-11-15)19(20-2)17-8-6-9-18(14-17)21-3/h6,8-9,14-16,19-20H,4-5,7,10-13H2,1-3H3. The van der Waals surface area contributed by atoms with Crippen molar-refractivity contribution in [3.63, 3.8) is 0 Å². The number of hydrogen-bond acceptors (Lipinski definition) is 2. The summed E-state index contributed by atoms with van der Waals surface area (Å²) in [6.07, 6.45) is 9.71. The van der Waals surface area contributed by atoms with E-state index in [1.54, 1.807) is 7.11 Å². The summed E-state index contributed by atoms with van der Waals surface area (Å²) in [6, 6.07) is 9.01. The molecule has 0 amide bonds. The zero-order chi connectivity index (χ0) is 15.1. The highest BCUT2D eigenvalue weighted by molar-refractivity contribution is 5.31. The second-order valence-corrected chi connectivity index (χ2v) is 6.47. The van der Waals surface area contributed by atoms with Crippen LogP contribution in [-0.2, 0) is 0 Å². The Labute approximate surface area is 130 Å². The van der Waals surface area contributed by atoms with E-state index in [0.717, 1.165) is 17.6 Å². The van der Waals surface area contributed by atoms with Gasteiger partial charge in [-0.05, 0) is 49.4 Å². The Kier molecular flexibility index (Phi) is 6.56. The normalized spacial score (nSPS) is 23.8. The zero-order valence-electron chi connectivity index (χ0n) is 13.9. The van der Waals surface area contributed by atoms with E-state index in [2.05, 4.69) is 37.5 Å². The van der Waals surface area contributed by atoms with Gasteiger partial charge in [-0.25, -0.2) is 0 Å². The molecular weight excluding hydrogens is 258 g/mol. The lowest BCUT2D eigenvalue weighted by Crippen LogP contribution is -2.28.